The summed E-state index contributed by atoms with van der Waals surface area (Å²) in [5.74, 6) is 0.697. The van der Waals surface area contributed by atoms with E-state index < -0.39 is 15.6 Å². The molecule has 0 atom stereocenters. The quantitative estimate of drug-likeness (QED) is 0.462. The normalized spacial score (nSPS) is 15.8. The highest BCUT2D eigenvalue weighted by molar-refractivity contribution is 7.89. The molecule has 1 N–H and O–H groups in total. The number of hydrogen-bond acceptors (Lipinski definition) is 8. The van der Waals surface area contributed by atoms with Crippen LogP contribution in [0.15, 0.2) is 37.1 Å². The lowest BCUT2D eigenvalue weighted by Gasteiger charge is -2.47. The van der Waals surface area contributed by atoms with Gasteiger partial charge in [-0.1, -0.05) is 0 Å². The van der Waals surface area contributed by atoms with Crippen LogP contribution in [0.1, 0.15) is 12.8 Å². The maximum absolute atomic E-state index is 12.4. The minimum atomic E-state index is -3.40. The van der Waals surface area contributed by atoms with E-state index in [1.54, 1.807) is 40.2 Å². The summed E-state index contributed by atoms with van der Waals surface area (Å²) >= 11 is 5.63. The van der Waals surface area contributed by atoms with Gasteiger partial charge in [-0.05, 0) is 12.5 Å². The van der Waals surface area contributed by atoms with Crippen LogP contribution in [-0.2, 0) is 22.6 Å². The molecule has 4 heterocycles. The lowest BCUT2D eigenvalue weighted by Crippen LogP contribution is -2.64. The van der Waals surface area contributed by atoms with Gasteiger partial charge in [-0.15, -0.1) is 11.6 Å². The molecule has 3 aromatic heterocycles. The van der Waals surface area contributed by atoms with Crippen molar-refractivity contribution in [3.8, 4) is 17.3 Å². The number of aromatic nitrogens is 6. The van der Waals surface area contributed by atoms with Gasteiger partial charge >= 0.3 is 0 Å². The van der Waals surface area contributed by atoms with Gasteiger partial charge in [0.15, 0.2) is 0 Å². The summed E-state index contributed by atoms with van der Waals surface area (Å²) in [4.78, 5) is 8.76. The van der Waals surface area contributed by atoms with Crippen LogP contribution in [0.25, 0.3) is 11.3 Å². The van der Waals surface area contributed by atoms with E-state index >= 15 is 0 Å². The zero-order valence-electron chi connectivity index (χ0n) is 17.4. The first-order valence-electron chi connectivity index (χ1n) is 9.90. The number of alkyl halides is 1. The highest BCUT2D eigenvalue weighted by atomic mass is 35.5. The van der Waals surface area contributed by atoms with Gasteiger partial charge in [0.05, 0.1) is 42.0 Å². The van der Waals surface area contributed by atoms with Crippen molar-refractivity contribution in [3.05, 3.63) is 37.1 Å². The number of halogens is 1. The Hall–Kier alpha value is -3.01. The van der Waals surface area contributed by atoms with Crippen LogP contribution in [0.3, 0.4) is 0 Å². The Morgan fingerprint density at radius 1 is 1.28 bits per heavy atom. The fourth-order valence-electron chi connectivity index (χ4n) is 3.57. The van der Waals surface area contributed by atoms with Crippen LogP contribution in [-0.4, -0.2) is 67.0 Å². The molecular formula is C19H22ClN9O2S. The van der Waals surface area contributed by atoms with Crippen molar-refractivity contribution in [2.45, 2.75) is 18.4 Å². The second-order valence-electron chi connectivity index (χ2n) is 7.65. The topological polar surface area (TPSA) is 135 Å². The summed E-state index contributed by atoms with van der Waals surface area (Å²) in [5, 5.41) is 21.0. The molecule has 11 nitrogen and oxygen atoms in total. The minimum absolute atomic E-state index is 0.00284. The van der Waals surface area contributed by atoms with Gasteiger partial charge < -0.3 is 5.32 Å². The first-order valence-corrected chi connectivity index (χ1v) is 12.0. The lowest BCUT2D eigenvalue weighted by molar-refractivity contribution is 0.0718. The highest BCUT2D eigenvalue weighted by Crippen LogP contribution is 2.35. The molecular weight excluding hydrogens is 454 g/mol. The van der Waals surface area contributed by atoms with Gasteiger partial charge in [0.1, 0.15) is 5.54 Å². The van der Waals surface area contributed by atoms with Gasteiger partial charge in [-0.2, -0.15) is 19.8 Å². The molecule has 0 bridgehead atoms. The van der Waals surface area contributed by atoms with Crippen LogP contribution in [0.5, 0.6) is 0 Å². The molecule has 4 rings (SSSR count). The van der Waals surface area contributed by atoms with Crippen molar-refractivity contribution < 1.29 is 8.42 Å². The molecule has 0 aliphatic carbocycles. The predicted octanol–water partition coefficient (Wildman–Crippen LogP) is 1.70. The largest absolute Gasteiger partial charge is 0.321 e. The van der Waals surface area contributed by atoms with E-state index in [4.69, 9.17) is 11.6 Å². The van der Waals surface area contributed by atoms with Crippen LogP contribution in [0, 0.1) is 11.3 Å². The van der Waals surface area contributed by atoms with Crippen molar-refractivity contribution >= 4 is 33.3 Å². The number of hydrogen-bond donors (Lipinski definition) is 1. The second kappa shape index (κ2) is 8.85. The molecule has 32 heavy (non-hydrogen) atoms. The first kappa shape index (κ1) is 22.2. The van der Waals surface area contributed by atoms with E-state index in [0.717, 1.165) is 11.3 Å². The molecule has 0 unspecified atom stereocenters. The summed E-state index contributed by atoms with van der Waals surface area (Å²) in [6, 6.07) is 3.92. The molecule has 0 aromatic carbocycles. The SMILES string of the molecule is Cn1cc(Nc2nccc(-c3cnn(C4(CC#N)CN(S(=O)(=O)CCCCl)C4)c3)n2)cn1. The van der Waals surface area contributed by atoms with E-state index in [1.807, 2.05) is 13.2 Å². The summed E-state index contributed by atoms with van der Waals surface area (Å²) in [6.45, 7) is 0.397. The van der Waals surface area contributed by atoms with Crippen molar-refractivity contribution in [2.24, 2.45) is 7.05 Å². The molecule has 1 fully saturated rings. The van der Waals surface area contributed by atoms with Crippen molar-refractivity contribution in [3.63, 3.8) is 0 Å². The van der Waals surface area contributed by atoms with Crippen LogP contribution < -0.4 is 5.32 Å². The second-order valence-corrected chi connectivity index (χ2v) is 10.1. The molecule has 168 valence electrons. The fraction of sp³-hybridized carbons (Fsp3) is 0.421. The Morgan fingerprint density at radius 3 is 2.78 bits per heavy atom. The number of nitriles is 1. The Kier molecular flexibility index (Phi) is 6.14. The van der Waals surface area contributed by atoms with E-state index in [9.17, 15) is 13.7 Å². The molecule has 0 radical (unpaired) electrons. The third-order valence-electron chi connectivity index (χ3n) is 5.26. The summed E-state index contributed by atoms with van der Waals surface area (Å²) in [5.41, 5.74) is 1.45. The fourth-order valence-corrected chi connectivity index (χ4v) is 5.50. The number of anilines is 2. The molecule has 3 aromatic rings. The number of aryl methyl sites for hydroxylation is 1. The molecule has 0 amide bonds. The minimum Gasteiger partial charge on any atom is -0.321 e. The van der Waals surface area contributed by atoms with E-state index in [2.05, 4.69) is 31.6 Å². The van der Waals surface area contributed by atoms with E-state index in [-0.39, 0.29) is 31.1 Å². The molecule has 1 aliphatic heterocycles. The Bertz CT molecular complexity index is 1240. The van der Waals surface area contributed by atoms with Crippen LogP contribution in [0.4, 0.5) is 11.6 Å². The maximum Gasteiger partial charge on any atom is 0.227 e. The van der Waals surface area contributed by atoms with Gasteiger partial charge in [-0.25, -0.2) is 18.4 Å². The predicted molar refractivity (Wildman–Crippen MR) is 119 cm³/mol. The average Bonchev–Trinajstić information content (AvgIpc) is 3.38. The number of nitrogens with zero attached hydrogens (tertiary/aromatic N) is 8. The lowest BCUT2D eigenvalue weighted by atomic mass is 9.89. The van der Waals surface area contributed by atoms with Gasteiger partial charge in [0.2, 0.25) is 16.0 Å². The Balaban J connectivity index is 1.52. The molecule has 13 heteroatoms. The third-order valence-corrected chi connectivity index (χ3v) is 7.38. The third kappa shape index (κ3) is 4.45. The number of sulfonamides is 1. The Morgan fingerprint density at radius 2 is 2.09 bits per heavy atom. The van der Waals surface area contributed by atoms with E-state index in [0.29, 0.717) is 18.1 Å². The van der Waals surface area contributed by atoms with E-state index in [1.165, 1.54) is 4.31 Å². The van der Waals surface area contributed by atoms with Crippen LogP contribution >= 0.6 is 11.6 Å². The summed E-state index contributed by atoms with van der Waals surface area (Å²) in [6.07, 6.45) is 9.09. The standard InChI is InChI=1S/C19H22ClN9O2S/c1-27-12-16(10-23-27)25-18-22-7-3-17(26-18)15-9-24-29(11-15)19(4-6-21)13-28(14-19)32(30,31)8-2-5-20/h3,7,9-12H,2,4-5,8,13-14H2,1H3,(H,22,25,26). The summed E-state index contributed by atoms with van der Waals surface area (Å²) in [7, 11) is -1.58. The molecule has 1 saturated heterocycles. The van der Waals surface area contributed by atoms with Gasteiger partial charge in [0.25, 0.3) is 0 Å². The number of rotatable bonds is 9. The Labute approximate surface area is 190 Å². The monoisotopic (exact) mass is 475 g/mol. The summed E-state index contributed by atoms with van der Waals surface area (Å²) < 4.78 is 29.6. The maximum atomic E-state index is 12.4. The van der Waals surface area contributed by atoms with Crippen molar-refractivity contribution in [1.82, 2.24) is 33.8 Å². The highest BCUT2D eigenvalue weighted by Gasteiger charge is 2.50. The average molecular weight is 476 g/mol. The number of nitrogens with one attached hydrogen (secondary N) is 1. The smallest absolute Gasteiger partial charge is 0.227 e. The molecule has 0 saturated carbocycles. The zero-order chi connectivity index (χ0) is 22.8. The molecule has 0 spiro atoms. The van der Waals surface area contributed by atoms with Crippen molar-refractivity contribution in [2.75, 3.05) is 30.0 Å². The molecule has 1 aliphatic rings. The first-order chi connectivity index (χ1) is 15.3. The van der Waals surface area contributed by atoms with Crippen molar-refractivity contribution in [1.29, 1.82) is 5.26 Å². The van der Waals surface area contributed by atoms with Crippen LogP contribution in [0.2, 0.25) is 0 Å². The zero-order valence-corrected chi connectivity index (χ0v) is 19.0. The van der Waals surface area contributed by atoms with Gasteiger partial charge in [-0.3, -0.25) is 9.36 Å². The van der Waals surface area contributed by atoms with Gasteiger partial charge in [0, 0.05) is 50.2 Å².